The summed E-state index contributed by atoms with van der Waals surface area (Å²) >= 11 is 0. The average Bonchev–Trinajstić information content (AvgIpc) is 3.09. The third kappa shape index (κ3) is 3.67. The Kier molecular flexibility index (Phi) is 4.94. The maximum absolute atomic E-state index is 6.11. The Morgan fingerprint density at radius 3 is 2.80 bits per heavy atom. The van der Waals surface area contributed by atoms with Gasteiger partial charge in [-0.15, -0.1) is 5.10 Å². The van der Waals surface area contributed by atoms with Gasteiger partial charge in [0.1, 0.15) is 11.9 Å². The van der Waals surface area contributed by atoms with Crippen molar-refractivity contribution in [3.8, 4) is 0 Å². The Balaban J connectivity index is 1.36. The maximum Gasteiger partial charge on any atom is 0.151 e. The number of aromatic nitrogens is 4. The lowest BCUT2D eigenvalue weighted by atomic mass is 9.92. The molecule has 0 bridgehead atoms. The molecule has 0 aliphatic carbocycles. The highest BCUT2D eigenvalue weighted by Gasteiger charge is 2.32. The summed E-state index contributed by atoms with van der Waals surface area (Å²) in [4.78, 5) is 9.40. The molecule has 0 unspecified atom stereocenters. The van der Waals surface area contributed by atoms with Gasteiger partial charge in [-0.05, 0) is 25.0 Å². The van der Waals surface area contributed by atoms with Crippen LogP contribution in [0.2, 0.25) is 0 Å². The number of nitrogens with zero attached hydrogens (tertiary/aromatic N) is 6. The van der Waals surface area contributed by atoms with E-state index in [0.29, 0.717) is 5.92 Å². The molecular weight excluding hydrogens is 316 g/mol. The fraction of sp³-hybridized carbons (Fsp3) is 0.611. The lowest BCUT2D eigenvalue weighted by molar-refractivity contribution is -0.0455. The molecule has 4 heterocycles. The topological polar surface area (TPSA) is 59.3 Å². The van der Waals surface area contributed by atoms with Gasteiger partial charge in [0.05, 0.1) is 0 Å². The van der Waals surface area contributed by atoms with Crippen molar-refractivity contribution in [2.45, 2.75) is 18.9 Å². The standard InChI is InChI=1S/C18H26N6O/c1-22-8-7-19-18(22)17-15(4-3-13-25-17)14-23-9-11-24(12-10-23)16-5-2-6-20-21-16/h2,5-8,15,17H,3-4,9-14H2,1H3/t15-,17+/m0/s1. The number of anilines is 1. The van der Waals surface area contributed by atoms with E-state index in [-0.39, 0.29) is 6.10 Å². The fourth-order valence-electron chi connectivity index (χ4n) is 3.92. The first-order chi connectivity index (χ1) is 12.3. The van der Waals surface area contributed by atoms with Crippen LogP contribution in [-0.4, -0.2) is 64.0 Å². The van der Waals surface area contributed by atoms with E-state index in [4.69, 9.17) is 4.74 Å². The summed E-state index contributed by atoms with van der Waals surface area (Å²) in [6.45, 7) is 6.03. The van der Waals surface area contributed by atoms with Crippen molar-refractivity contribution in [1.29, 1.82) is 0 Å². The van der Waals surface area contributed by atoms with Crippen LogP contribution < -0.4 is 4.90 Å². The quantitative estimate of drug-likeness (QED) is 0.839. The molecule has 7 nitrogen and oxygen atoms in total. The maximum atomic E-state index is 6.11. The van der Waals surface area contributed by atoms with Gasteiger partial charge in [0, 0.05) is 70.9 Å². The van der Waals surface area contributed by atoms with Gasteiger partial charge in [-0.2, -0.15) is 5.10 Å². The van der Waals surface area contributed by atoms with Crippen LogP contribution in [0.25, 0.3) is 0 Å². The predicted octanol–water partition coefficient (Wildman–Crippen LogP) is 1.50. The number of aryl methyl sites for hydroxylation is 1. The molecule has 2 saturated heterocycles. The highest BCUT2D eigenvalue weighted by molar-refractivity contribution is 5.36. The lowest BCUT2D eigenvalue weighted by Gasteiger charge is -2.39. The second-order valence-corrected chi connectivity index (χ2v) is 6.96. The summed E-state index contributed by atoms with van der Waals surface area (Å²) in [5.74, 6) is 2.55. The van der Waals surface area contributed by atoms with Crippen LogP contribution in [0.3, 0.4) is 0 Å². The normalized spacial score (nSPS) is 25.2. The number of hydrogen-bond donors (Lipinski definition) is 0. The molecule has 2 aliphatic heterocycles. The Hall–Kier alpha value is -1.99. The average molecular weight is 342 g/mol. The van der Waals surface area contributed by atoms with Crippen molar-refractivity contribution >= 4 is 5.82 Å². The summed E-state index contributed by atoms with van der Waals surface area (Å²) in [6, 6.07) is 3.99. The molecular formula is C18H26N6O. The highest BCUT2D eigenvalue weighted by atomic mass is 16.5. The van der Waals surface area contributed by atoms with Crippen LogP contribution in [0.1, 0.15) is 24.8 Å². The van der Waals surface area contributed by atoms with E-state index in [2.05, 4.69) is 36.6 Å². The third-order valence-electron chi connectivity index (χ3n) is 5.30. The monoisotopic (exact) mass is 342 g/mol. The molecule has 0 spiro atoms. The Labute approximate surface area is 148 Å². The van der Waals surface area contributed by atoms with Gasteiger partial charge in [-0.25, -0.2) is 4.98 Å². The summed E-state index contributed by atoms with van der Waals surface area (Å²) in [6.07, 6.45) is 8.06. The van der Waals surface area contributed by atoms with Crippen molar-refractivity contribution in [2.24, 2.45) is 13.0 Å². The Morgan fingerprint density at radius 1 is 1.20 bits per heavy atom. The van der Waals surface area contributed by atoms with Crippen molar-refractivity contribution in [3.05, 3.63) is 36.5 Å². The van der Waals surface area contributed by atoms with Crippen molar-refractivity contribution in [3.63, 3.8) is 0 Å². The smallest absolute Gasteiger partial charge is 0.151 e. The molecule has 0 amide bonds. The number of ether oxygens (including phenoxy) is 1. The van der Waals surface area contributed by atoms with E-state index in [0.717, 1.165) is 57.4 Å². The van der Waals surface area contributed by atoms with Gasteiger partial charge in [0.2, 0.25) is 0 Å². The van der Waals surface area contributed by atoms with Crippen LogP contribution in [-0.2, 0) is 11.8 Å². The number of hydrogen-bond acceptors (Lipinski definition) is 6. The summed E-state index contributed by atoms with van der Waals surface area (Å²) in [5, 5.41) is 8.21. The van der Waals surface area contributed by atoms with E-state index in [1.165, 1.54) is 6.42 Å². The largest absolute Gasteiger partial charge is 0.370 e. The van der Waals surface area contributed by atoms with Crippen LogP contribution in [0.5, 0.6) is 0 Å². The minimum absolute atomic E-state index is 0.117. The summed E-state index contributed by atoms with van der Waals surface area (Å²) in [5.41, 5.74) is 0. The lowest BCUT2D eigenvalue weighted by Crippen LogP contribution is -2.49. The molecule has 25 heavy (non-hydrogen) atoms. The van der Waals surface area contributed by atoms with Crippen molar-refractivity contribution < 1.29 is 4.74 Å². The Bertz CT molecular complexity index is 667. The predicted molar refractivity (Wildman–Crippen MR) is 95.3 cm³/mol. The molecule has 2 fully saturated rings. The van der Waals surface area contributed by atoms with Gasteiger partial charge in [0.15, 0.2) is 5.82 Å². The highest BCUT2D eigenvalue weighted by Crippen LogP contribution is 2.33. The van der Waals surface area contributed by atoms with Gasteiger partial charge in [-0.3, -0.25) is 4.90 Å². The number of piperazine rings is 1. The summed E-state index contributed by atoms with van der Waals surface area (Å²) < 4.78 is 8.20. The molecule has 0 saturated carbocycles. The van der Waals surface area contributed by atoms with E-state index in [9.17, 15) is 0 Å². The van der Waals surface area contributed by atoms with Gasteiger partial charge in [0.25, 0.3) is 0 Å². The molecule has 0 N–H and O–H groups in total. The second-order valence-electron chi connectivity index (χ2n) is 6.96. The molecule has 0 aromatic carbocycles. The number of imidazole rings is 1. The Morgan fingerprint density at radius 2 is 2.08 bits per heavy atom. The van der Waals surface area contributed by atoms with Crippen molar-refractivity contribution in [2.75, 3.05) is 44.2 Å². The molecule has 2 aromatic heterocycles. The minimum atomic E-state index is 0.117. The molecule has 134 valence electrons. The summed E-state index contributed by atoms with van der Waals surface area (Å²) in [7, 11) is 2.05. The first-order valence-corrected chi connectivity index (χ1v) is 9.15. The van der Waals surface area contributed by atoms with Gasteiger partial charge < -0.3 is 14.2 Å². The van der Waals surface area contributed by atoms with E-state index >= 15 is 0 Å². The minimum Gasteiger partial charge on any atom is -0.370 e. The van der Waals surface area contributed by atoms with Gasteiger partial charge >= 0.3 is 0 Å². The molecule has 2 aliphatic rings. The molecule has 2 aromatic rings. The van der Waals surface area contributed by atoms with Crippen LogP contribution >= 0.6 is 0 Å². The van der Waals surface area contributed by atoms with E-state index in [1.54, 1.807) is 6.20 Å². The number of rotatable bonds is 4. The fourth-order valence-corrected chi connectivity index (χ4v) is 3.92. The van der Waals surface area contributed by atoms with Gasteiger partial charge in [-0.1, -0.05) is 0 Å². The van der Waals surface area contributed by atoms with Crippen LogP contribution in [0.4, 0.5) is 5.82 Å². The SMILES string of the molecule is Cn1ccnc1[C@@H]1OCCC[C@H]1CN1CCN(c2cccnn2)CC1. The first-order valence-electron chi connectivity index (χ1n) is 9.15. The molecule has 7 heteroatoms. The van der Waals surface area contributed by atoms with E-state index in [1.807, 2.05) is 24.5 Å². The second kappa shape index (κ2) is 7.49. The zero-order chi connectivity index (χ0) is 17.1. The van der Waals surface area contributed by atoms with Crippen LogP contribution in [0, 0.1) is 5.92 Å². The first kappa shape index (κ1) is 16.5. The third-order valence-corrected chi connectivity index (χ3v) is 5.30. The molecule has 0 radical (unpaired) electrons. The molecule has 2 atom stereocenters. The van der Waals surface area contributed by atoms with E-state index < -0.39 is 0 Å². The van der Waals surface area contributed by atoms with Crippen LogP contribution in [0.15, 0.2) is 30.7 Å². The van der Waals surface area contributed by atoms with Crippen molar-refractivity contribution in [1.82, 2.24) is 24.6 Å². The zero-order valence-corrected chi connectivity index (χ0v) is 14.8. The zero-order valence-electron chi connectivity index (χ0n) is 14.8. The molecule has 4 rings (SSSR count).